The number of carbonyl (C=O) groups is 1. The maximum Gasteiger partial charge on any atom is 0.248 e. The lowest BCUT2D eigenvalue weighted by molar-refractivity contribution is -0.128. The first-order valence-corrected chi connectivity index (χ1v) is 3.84. The van der Waals surface area contributed by atoms with Gasteiger partial charge < -0.3 is 14.9 Å². The Hall–Kier alpha value is -1.43. The molecular weight excluding hydrogens is 174 g/mol. The lowest BCUT2D eigenvalue weighted by atomic mass is 10.4. The molecule has 0 spiro atoms. The zero-order valence-corrected chi connectivity index (χ0v) is 7.44. The molecule has 6 nitrogen and oxygen atoms in total. The van der Waals surface area contributed by atoms with Crippen molar-refractivity contribution in [3.8, 4) is 0 Å². The minimum atomic E-state index is -1.02. The molecule has 1 aromatic rings. The van der Waals surface area contributed by atoms with Gasteiger partial charge in [0.15, 0.2) is 5.82 Å². The second kappa shape index (κ2) is 3.99. The van der Waals surface area contributed by atoms with E-state index in [0.717, 1.165) is 0 Å². The Labute approximate surface area is 74.9 Å². The average molecular weight is 185 g/mol. The predicted molar refractivity (Wildman–Crippen MR) is 42.6 cm³/mol. The quantitative estimate of drug-likeness (QED) is 0.654. The minimum absolute atomic E-state index is 0.168. The Balaban J connectivity index is 2.39. The fourth-order valence-corrected chi connectivity index (χ4v) is 0.727. The number of amides is 1. The van der Waals surface area contributed by atoms with Gasteiger partial charge in [-0.15, -0.1) is 0 Å². The zero-order valence-electron chi connectivity index (χ0n) is 7.44. The average Bonchev–Trinajstić information content (AvgIpc) is 2.47. The summed E-state index contributed by atoms with van der Waals surface area (Å²) in [6.45, 7) is 3.21. The third-order valence-corrected chi connectivity index (χ3v) is 1.37. The molecule has 1 atom stereocenters. The highest BCUT2D eigenvalue weighted by Gasteiger charge is 2.09. The second-order valence-electron chi connectivity index (χ2n) is 2.62. The summed E-state index contributed by atoms with van der Waals surface area (Å²) < 4.78 is 4.68. The Kier molecular flexibility index (Phi) is 2.97. The lowest BCUT2D eigenvalue weighted by Crippen LogP contribution is -2.32. The van der Waals surface area contributed by atoms with Gasteiger partial charge >= 0.3 is 0 Å². The number of nitrogens with zero attached hydrogens (tertiary/aromatic N) is 2. The number of rotatable bonds is 3. The Morgan fingerprint density at radius 3 is 2.92 bits per heavy atom. The number of hydrogen-bond donors (Lipinski definition) is 2. The van der Waals surface area contributed by atoms with E-state index < -0.39 is 12.0 Å². The van der Waals surface area contributed by atoms with Crippen molar-refractivity contribution < 1.29 is 14.4 Å². The molecule has 1 aromatic heterocycles. The molecule has 72 valence electrons. The van der Waals surface area contributed by atoms with Crippen molar-refractivity contribution >= 4 is 5.91 Å². The van der Waals surface area contributed by atoms with Crippen LogP contribution in [0, 0.1) is 6.92 Å². The van der Waals surface area contributed by atoms with Crippen molar-refractivity contribution in [3.63, 3.8) is 0 Å². The fraction of sp³-hybridized carbons (Fsp3) is 0.571. The number of aliphatic hydroxyl groups is 1. The molecule has 0 aliphatic rings. The van der Waals surface area contributed by atoms with Crippen LogP contribution in [-0.4, -0.2) is 27.3 Å². The van der Waals surface area contributed by atoms with E-state index in [-0.39, 0.29) is 6.54 Å². The van der Waals surface area contributed by atoms with Crippen LogP contribution in [0.1, 0.15) is 18.6 Å². The molecule has 6 heteroatoms. The third kappa shape index (κ3) is 2.83. The van der Waals surface area contributed by atoms with E-state index in [1.165, 1.54) is 6.92 Å². The van der Waals surface area contributed by atoms with Gasteiger partial charge in [0.1, 0.15) is 6.10 Å². The van der Waals surface area contributed by atoms with Crippen LogP contribution in [0.25, 0.3) is 0 Å². The summed E-state index contributed by atoms with van der Waals surface area (Å²) in [4.78, 5) is 14.7. The molecule has 0 saturated carbocycles. The van der Waals surface area contributed by atoms with E-state index >= 15 is 0 Å². The summed E-state index contributed by atoms with van der Waals surface area (Å²) in [6.07, 6.45) is -1.02. The van der Waals surface area contributed by atoms with Crippen LogP contribution in [0.2, 0.25) is 0 Å². The van der Waals surface area contributed by atoms with E-state index in [9.17, 15) is 4.79 Å². The first-order valence-electron chi connectivity index (χ1n) is 3.84. The summed E-state index contributed by atoms with van der Waals surface area (Å²) in [6, 6.07) is 0. The highest BCUT2D eigenvalue weighted by Crippen LogP contribution is 1.93. The van der Waals surface area contributed by atoms with Crippen molar-refractivity contribution in [1.82, 2.24) is 15.5 Å². The van der Waals surface area contributed by atoms with Gasteiger partial charge in [-0.3, -0.25) is 4.79 Å². The van der Waals surface area contributed by atoms with E-state index in [0.29, 0.717) is 11.7 Å². The maximum absolute atomic E-state index is 10.9. The number of aromatic nitrogens is 2. The zero-order chi connectivity index (χ0) is 9.84. The Bertz CT molecular complexity index is 295. The van der Waals surface area contributed by atoms with Gasteiger partial charge in [0.2, 0.25) is 11.8 Å². The maximum atomic E-state index is 10.9. The molecule has 0 aromatic carbocycles. The second-order valence-corrected chi connectivity index (χ2v) is 2.62. The molecule has 0 radical (unpaired) electrons. The van der Waals surface area contributed by atoms with Gasteiger partial charge in [-0.25, -0.2) is 0 Å². The fourth-order valence-electron chi connectivity index (χ4n) is 0.727. The van der Waals surface area contributed by atoms with Gasteiger partial charge in [-0.1, -0.05) is 5.16 Å². The van der Waals surface area contributed by atoms with Crippen LogP contribution in [0.3, 0.4) is 0 Å². The molecule has 2 N–H and O–H groups in total. The van der Waals surface area contributed by atoms with Crippen LogP contribution in [0.4, 0.5) is 0 Å². The monoisotopic (exact) mass is 185 g/mol. The summed E-state index contributed by atoms with van der Waals surface area (Å²) in [7, 11) is 0. The number of aliphatic hydroxyl groups excluding tert-OH is 1. The van der Waals surface area contributed by atoms with Crippen molar-refractivity contribution in [3.05, 3.63) is 11.7 Å². The molecule has 1 heterocycles. The van der Waals surface area contributed by atoms with Gasteiger partial charge in [0.05, 0.1) is 6.54 Å². The van der Waals surface area contributed by atoms with Crippen molar-refractivity contribution in [2.24, 2.45) is 0 Å². The molecular formula is C7H11N3O3. The third-order valence-electron chi connectivity index (χ3n) is 1.37. The highest BCUT2D eigenvalue weighted by molar-refractivity contribution is 5.79. The highest BCUT2D eigenvalue weighted by atomic mass is 16.5. The first kappa shape index (κ1) is 9.66. The smallest absolute Gasteiger partial charge is 0.248 e. The molecule has 13 heavy (non-hydrogen) atoms. The predicted octanol–water partition coefficient (Wildman–Crippen LogP) is -0.625. The summed E-state index contributed by atoms with van der Waals surface area (Å²) >= 11 is 0. The summed E-state index contributed by atoms with van der Waals surface area (Å²) in [5.74, 6) is 0.384. The minimum Gasteiger partial charge on any atom is -0.384 e. The number of hydrogen-bond acceptors (Lipinski definition) is 5. The summed E-state index contributed by atoms with van der Waals surface area (Å²) in [5.41, 5.74) is 0. The molecule has 0 aliphatic heterocycles. The van der Waals surface area contributed by atoms with Gasteiger partial charge in [0, 0.05) is 6.92 Å². The summed E-state index contributed by atoms with van der Waals surface area (Å²) in [5, 5.41) is 14.8. The van der Waals surface area contributed by atoms with Crippen molar-refractivity contribution in [2.45, 2.75) is 26.5 Å². The molecule has 1 unspecified atom stereocenters. The van der Waals surface area contributed by atoms with Gasteiger partial charge in [0.25, 0.3) is 0 Å². The Morgan fingerprint density at radius 2 is 2.46 bits per heavy atom. The van der Waals surface area contributed by atoms with Crippen molar-refractivity contribution in [1.29, 1.82) is 0 Å². The number of carbonyl (C=O) groups excluding carboxylic acids is 1. The van der Waals surface area contributed by atoms with E-state index in [1.807, 2.05) is 0 Å². The molecule has 0 saturated heterocycles. The molecule has 0 bridgehead atoms. The number of aryl methyl sites for hydroxylation is 1. The van der Waals surface area contributed by atoms with E-state index in [2.05, 4.69) is 20.0 Å². The Morgan fingerprint density at radius 1 is 1.77 bits per heavy atom. The van der Waals surface area contributed by atoms with Crippen LogP contribution < -0.4 is 5.32 Å². The molecule has 0 fully saturated rings. The van der Waals surface area contributed by atoms with E-state index in [1.54, 1.807) is 6.92 Å². The van der Waals surface area contributed by atoms with Crippen LogP contribution in [0.5, 0.6) is 0 Å². The topological polar surface area (TPSA) is 88.2 Å². The largest absolute Gasteiger partial charge is 0.384 e. The van der Waals surface area contributed by atoms with Crippen LogP contribution in [-0.2, 0) is 11.3 Å². The molecule has 1 rings (SSSR count). The standard InChI is InChI=1S/C7H11N3O3/c1-4(11)7(12)8-3-6-9-5(2)13-10-6/h4,11H,3H2,1-2H3,(H,8,12). The van der Waals surface area contributed by atoms with Gasteiger partial charge in [-0.2, -0.15) is 4.98 Å². The van der Waals surface area contributed by atoms with Crippen LogP contribution >= 0.6 is 0 Å². The van der Waals surface area contributed by atoms with Crippen molar-refractivity contribution in [2.75, 3.05) is 0 Å². The first-order chi connectivity index (χ1) is 6.09. The SMILES string of the molecule is Cc1nc(CNC(=O)C(C)O)no1. The normalized spacial score (nSPS) is 12.5. The van der Waals surface area contributed by atoms with E-state index in [4.69, 9.17) is 5.11 Å². The van der Waals surface area contributed by atoms with Crippen LogP contribution in [0.15, 0.2) is 4.52 Å². The molecule has 1 amide bonds. The molecule has 0 aliphatic carbocycles. The number of nitrogens with one attached hydrogen (secondary N) is 1. The van der Waals surface area contributed by atoms with Gasteiger partial charge in [-0.05, 0) is 6.92 Å². The lowest BCUT2D eigenvalue weighted by Gasteiger charge is -2.03.